The smallest absolute Gasteiger partial charge is 0.271 e. The van der Waals surface area contributed by atoms with E-state index in [9.17, 15) is 29.2 Å². The number of benzene rings is 1. The maximum Gasteiger partial charge on any atom is 0.271 e. The number of unbranched alkanes of at least 4 members (excludes halogenated alkanes) is 2. The molecule has 0 bridgehead atoms. The first-order valence-electron chi connectivity index (χ1n) is 12.7. The van der Waals surface area contributed by atoms with Crippen LogP contribution in [-0.2, 0) is 14.4 Å². The number of hydroxylamine groups is 2. The van der Waals surface area contributed by atoms with Crippen molar-refractivity contribution >= 4 is 30.4 Å². The zero-order chi connectivity index (χ0) is 28.8. The Bertz CT molecular complexity index is 1160. The number of carbonyl (C=O) groups excluding carboxylic acids is 5. The van der Waals surface area contributed by atoms with E-state index in [2.05, 4.69) is 15.6 Å². The van der Waals surface area contributed by atoms with E-state index in [0.717, 1.165) is 19.3 Å². The Morgan fingerprint density at radius 3 is 2.54 bits per heavy atom. The fourth-order valence-corrected chi connectivity index (χ4v) is 4.13. The molecule has 12 heteroatoms. The van der Waals surface area contributed by atoms with Gasteiger partial charge in [0.05, 0.1) is 29.9 Å². The van der Waals surface area contributed by atoms with Gasteiger partial charge in [-0.05, 0) is 37.1 Å². The minimum absolute atomic E-state index is 0.0736. The maximum atomic E-state index is 12.9. The average molecular weight is 542 g/mol. The predicted molar refractivity (Wildman–Crippen MR) is 142 cm³/mol. The number of rotatable bonds is 17. The Balaban J connectivity index is 2.11. The molecule has 2 aromatic rings. The van der Waals surface area contributed by atoms with Crippen LogP contribution in [0.3, 0.4) is 0 Å². The number of hydrogen-bond acceptors (Lipinski definition) is 8. The van der Waals surface area contributed by atoms with Crippen LogP contribution in [0, 0.1) is 5.92 Å². The molecule has 0 spiro atoms. The second-order valence-corrected chi connectivity index (χ2v) is 8.75. The standard InChI is InChI=1S/C27H35N5O7/c1-3-5-6-8-19(23(4-2)32(38)17-34)26(36)29-16-30-27(37)22-10-7-9-21(31-22)18-11-12-20(25(28)35)24(15-18)39-14-13-33/h7,9-13,15,17,19,23,38H,3-6,8,14,16H2,1-2H3,(H2,28,35)(H,29,36)(H,30,37)/t19-,23-/m1/s1. The molecule has 0 saturated carbocycles. The van der Waals surface area contributed by atoms with Gasteiger partial charge < -0.3 is 21.1 Å². The van der Waals surface area contributed by atoms with Gasteiger partial charge in [-0.2, -0.15) is 0 Å². The molecule has 0 aliphatic heterocycles. The number of hydrogen-bond donors (Lipinski definition) is 4. The summed E-state index contributed by atoms with van der Waals surface area (Å²) < 4.78 is 5.31. The zero-order valence-electron chi connectivity index (χ0n) is 22.1. The third-order valence-electron chi connectivity index (χ3n) is 6.13. The molecule has 0 aliphatic rings. The highest BCUT2D eigenvalue weighted by atomic mass is 16.5. The normalized spacial score (nSPS) is 12.1. The lowest BCUT2D eigenvalue weighted by Gasteiger charge is -2.29. The summed E-state index contributed by atoms with van der Waals surface area (Å²) in [5.41, 5.74) is 6.46. The molecular weight excluding hydrogens is 506 g/mol. The Morgan fingerprint density at radius 1 is 1.13 bits per heavy atom. The monoisotopic (exact) mass is 541 g/mol. The number of nitrogens with two attached hydrogens (primary N) is 1. The average Bonchev–Trinajstić information content (AvgIpc) is 2.95. The van der Waals surface area contributed by atoms with Crippen molar-refractivity contribution < 1.29 is 33.9 Å². The lowest BCUT2D eigenvalue weighted by molar-refractivity contribution is -0.168. The molecule has 4 amide bonds. The maximum absolute atomic E-state index is 12.9. The van der Waals surface area contributed by atoms with Crippen LogP contribution < -0.4 is 21.1 Å². The van der Waals surface area contributed by atoms with Crippen LogP contribution >= 0.6 is 0 Å². The molecule has 210 valence electrons. The Morgan fingerprint density at radius 2 is 1.90 bits per heavy atom. The van der Waals surface area contributed by atoms with Gasteiger partial charge in [0.15, 0.2) is 6.29 Å². The summed E-state index contributed by atoms with van der Waals surface area (Å²) in [5, 5.41) is 15.7. The van der Waals surface area contributed by atoms with Crippen LogP contribution in [0.15, 0.2) is 36.4 Å². The van der Waals surface area contributed by atoms with Crippen molar-refractivity contribution in [2.75, 3.05) is 13.3 Å². The summed E-state index contributed by atoms with van der Waals surface area (Å²) in [6.07, 6.45) is 4.29. The highest BCUT2D eigenvalue weighted by molar-refractivity contribution is 5.96. The number of nitrogens with one attached hydrogen (secondary N) is 2. The molecule has 5 N–H and O–H groups in total. The van der Waals surface area contributed by atoms with Gasteiger partial charge in [0.25, 0.3) is 11.8 Å². The SMILES string of the molecule is CCCCC[C@@H](C(=O)NCNC(=O)c1cccc(-c2ccc(C(N)=O)c(OCC=O)c2)n1)[C@@H](CC)N(O)C=O. The van der Waals surface area contributed by atoms with E-state index in [1.165, 1.54) is 18.2 Å². The minimum Gasteiger partial charge on any atom is -0.485 e. The molecule has 0 unspecified atom stereocenters. The van der Waals surface area contributed by atoms with Crippen LogP contribution in [0.4, 0.5) is 0 Å². The van der Waals surface area contributed by atoms with Crippen LogP contribution in [0.1, 0.15) is 66.8 Å². The first-order valence-corrected chi connectivity index (χ1v) is 12.7. The highest BCUT2D eigenvalue weighted by Gasteiger charge is 2.30. The quantitative estimate of drug-likeness (QED) is 0.0771. The van der Waals surface area contributed by atoms with Crippen LogP contribution in [-0.4, -0.2) is 65.0 Å². The summed E-state index contributed by atoms with van der Waals surface area (Å²) in [5.74, 6) is -2.19. The Labute approximate surface area is 226 Å². The Hall–Kier alpha value is -4.32. The van der Waals surface area contributed by atoms with E-state index in [4.69, 9.17) is 10.5 Å². The highest BCUT2D eigenvalue weighted by Crippen LogP contribution is 2.26. The topological polar surface area (TPSA) is 181 Å². The van der Waals surface area contributed by atoms with Crippen molar-refractivity contribution in [1.29, 1.82) is 0 Å². The van der Waals surface area contributed by atoms with Crippen molar-refractivity contribution in [2.45, 2.75) is 52.0 Å². The molecule has 1 aromatic carbocycles. The number of primary amides is 1. The molecule has 12 nitrogen and oxygen atoms in total. The van der Waals surface area contributed by atoms with Crippen molar-refractivity contribution in [3.63, 3.8) is 0 Å². The van der Waals surface area contributed by atoms with Crippen molar-refractivity contribution in [3.05, 3.63) is 47.7 Å². The molecule has 2 rings (SSSR count). The number of carbonyl (C=O) groups is 5. The van der Waals surface area contributed by atoms with Crippen LogP contribution in [0.5, 0.6) is 5.75 Å². The van der Waals surface area contributed by atoms with Gasteiger partial charge in [0.2, 0.25) is 12.3 Å². The fraction of sp³-hybridized carbons (Fsp3) is 0.407. The lowest BCUT2D eigenvalue weighted by atomic mass is 9.90. The van der Waals surface area contributed by atoms with Crippen molar-refractivity contribution in [1.82, 2.24) is 20.7 Å². The number of amides is 4. The molecule has 0 aliphatic carbocycles. The first-order chi connectivity index (χ1) is 18.8. The van der Waals surface area contributed by atoms with Gasteiger partial charge in [-0.15, -0.1) is 0 Å². The molecule has 1 heterocycles. The van der Waals surface area contributed by atoms with Crippen LogP contribution in [0.2, 0.25) is 0 Å². The summed E-state index contributed by atoms with van der Waals surface area (Å²) in [4.78, 5) is 63.5. The number of nitrogens with zero attached hydrogens (tertiary/aromatic N) is 2. The number of pyridine rings is 1. The number of aromatic nitrogens is 1. The van der Waals surface area contributed by atoms with E-state index in [1.54, 1.807) is 25.1 Å². The molecule has 1 aromatic heterocycles. The first kappa shape index (κ1) is 30.9. The molecular formula is C27H35N5O7. The van der Waals surface area contributed by atoms with E-state index >= 15 is 0 Å². The molecule has 0 saturated heterocycles. The Kier molecular flexibility index (Phi) is 12.5. The van der Waals surface area contributed by atoms with Crippen molar-refractivity contribution in [3.8, 4) is 17.0 Å². The fourth-order valence-electron chi connectivity index (χ4n) is 4.13. The minimum atomic E-state index is -0.721. The molecule has 2 atom stereocenters. The van der Waals surface area contributed by atoms with Gasteiger partial charge in [0, 0.05) is 5.56 Å². The zero-order valence-corrected chi connectivity index (χ0v) is 22.1. The number of aldehydes is 1. The largest absolute Gasteiger partial charge is 0.485 e. The summed E-state index contributed by atoms with van der Waals surface area (Å²) in [6.45, 7) is 3.35. The van der Waals surface area contributed by atoms with Gasteiger partial charge in [-0.1, -0.05) is 45.2 Å². The van der Waals surface area contributed by atoms with E-state index in [-0.39, 0.29) is 36.7 Å². The second-order valence-electron chi connectivity index (χ2n) is 8.75. The van der Waals surface area contributed by atoms with Gasteiger partial charge >= 0.3 is 0 Å². The third kappa shape index (κ3) is 8.88. The van der Waals surface area contributed by atoms with Crippen molar-refractivity contribution in [2.24, 2.45) is 11.7 Å². The number of ether oxygens (including phenoxy) is 1. The van der Waals surface area contributed by atoms with Gasteiger partial charge in [-0.25, -0.2) is 10.0 Å². The lowest BCUT2D eigenvalue weighted by Crippen LogP contribution is -2.47. The summed E-state index contributed by atoms with van der Waals surface area (Å²) in [7, 11) is 0. The molecule has 39 heavy (non-hydrogen) atoms. The van der Waals surface area contributed by atoms with E-state index in [1.807, 2.05) is 6.92 Å². The predicted octanol–water partition coefficient (Wildman–Crippen LogP) is 2.05. The van der Waals surface area contributed by atoms with E-state index < -0.39 is 29.7 Å². The van der Waals surface area contributed by atoms with Gasteiger partial charge in [0.1, 0.15) is 18.1 Å². The second kappa shape index (κ2) is 15.8. The molecule has 0 fully saturated rings. The summed E-state index contributed by atoms with van der Waals surface area (Å²) in [6, 6.07) is 8.62. The van der Waals surface area contributed by atoms with E-state index in [0.29, 0.717) is 35.4 Å². The molecule has 0 radical (unpaired) electrons. The van der Waals surface area contributed by atoms with Gasteiger partial charge in [-0.3, -0.25) is 29.2 Å². The van der Waals surface area contributed by atoms with Crippen LogP contribution in [0.25, 0.3) is 11.3 Å². The third-order valence-corrected chi connectivity index (χ3v) is 6.13. The summed E-state index contributed by atoms with van der Waals surface area (Å²) >= 11 is 0.